The number of benzene rings is 1. The van der Waals surface area contributed by atoms with E-state index in [1.54, 1.807) is 19.3 Å². The topological polar surface area (TPSA) is 55.2 Å². The Balaban J connectivity index is 1.67. The SMILES string of the molecule is CCCCCCCCCCOc1cnc(-c2ccc(C(C)O)cc2)nc1. The lowest BCUT2D eigenvalue weighted by molar-refractivity contribution is 0.199. The van der Waals surface area contributed by atoms with Crippen molar-refractivity contribution < 1.29 is 9.84 Å². The van der Waals surface area contributed by atoms with E-state index in [0.717, 1.165) is 29.9 Å². The maximum atomic E-state index is 9.56. The van der Waals surface area contributed by atoms with E-state index in [9.17, 15) is 5.11 Å². The zero-order chi connectivity index (χ0) is 18.6. The number of unbranched alkanes of at least 4 members (excludes halogenated alkanes) is 7. The summed E-state index contributed by atoms with van der Waals surface area (Å²) in [6.07, 6.45) is 13.3. The second-order valence-corrected chi connectivity index (χ2v) is 6.86. The second-order valence-electron chi connectivity index (χ2n) is 6.86. The third-order valence-electron chi connectivity index (χ3n) is 4.55. The largest absolute Gasteiger partial charge is 0.490 e. The van der Waals surface area contributed by atoms with Crippen LogP contribution in [0.25, 0.3) is 11.4 Å². The molecule has 142 valence electrons. The Kier molecular flexibility index (Phi) is 9.11. The number of nitrogens with zero attached hydrogens (tertiary/aromatic N) is 2. The van der Waals surface area contributed by atoms with Crippen molar-refractivity contribution >= 4 is 0 Å². The average Bonchev–Trinajstić information content (AvgIpc) is 2.67. The van der Waals surface area contributed by atoms with E-state index in [0.29, 0.717) is 5.82 Å². The number of ether oxygens (including phenoxy) is 1. The summed E-state index contributed by atoms with van der Waals surface area (Å²) < 4.78 is 5.73. The molecule has 4 heteroatoms. The fourth-order valence-electron chi connectivity index (χ4n) is 2.88. The highest BCUT2D eigenvalue weighted by atomic mass is 16.5. The van der Waals surface area contributed by atoms with Gasteiger partial charge >= 0.3 is 0 Å². The molecule has 0 radical (unpaired) electrons. The van der Waals surface area contributed by atoms with Gasteiger partial charge in [0.15, 0.2) is 11.6 Å². The third-order valence-corrected chi connectivity index (χ3v) is 4.55. The molecule has 0 amide bonds. The van der Waals surface area contributed by atoms with Gasteiger partial charge in [0, 0.05) is 5.56 Å². The first kappa shape index (κ1) is 20.4. The first-order valence-electron chi connectivity index (χ1n) is 9.94. The Bertz CT molecular complexity index is 609. The maximum absolute atomic E-state index is 9.56. The molecule has 0 aliphatic rings. The van der Waals surface area contributed by atoms with Crippen LogP contribution >= 0.6 is 0 Å². The van der Waals surface area contributed by atoms with Crippen molar-refractivity contribution in [2.45, 2.75) is 71.3 Å². The van der Waals surface area contributed by atoms with Gasteiger partial charge in [-0.15, -0.1) is 0 Å². The molecule has 0 fully saturated rings. The van der Waals surface area contributed by atoms with Crippen molar-refractivity contribution in [2.24, 2.45) is 0 Å². The van der Waals surface area contributed by atoms with Gasteiger partial charge in [-0.2, -0.15) is 0 Å². The molecule has 4 nitrogen and oxygen atoms in total. The summed E-state index contributed by atoms with van der Waals surface area (Å²) in [4.78, 5) is 8.76. The molecule has 1 aromatic heterocycles. The standard InChI is InChI=1S/C22H32N2O2/c1-3-4-5-6-7-8-9-10-15-26-21-16-23-22(24-17-21)20-13-11-19(12-14-20)18(2)25/h11-14,16-18,25H,3-10,15H2,1-2H3. The first-order valence-corrected chi connectivity index (χ1v) is 9.94. The summed E-state index contributed by atoms with van der Waals surface area (Å²) >= 11 is 0. The van der Waals surface area contributed by atoms with Gasteiger partial charge in [-0.05, 0) is 18.9 Å². The normalized spacial score (nSPS) is 12.1. The predicted octanol–water partition coefficient (Wildman–Crippen LogP) is 5.72. The lowest BCUT2D eigenvalue weighted by Crippen LogP contribution is -1.99. The van der Waals surface area contributed by atoms with Crippen LogP contribution in [0, 0.1) is 0 Å². The summed E-state index contributed by atoms with van der Waals surface area (Å²) in [6.45, 7) is 4.73. The van der Waals surface area contributed by atoms with Crippen molar-refractivity contribution in [1.29, 1.82) is 0 Å². The summed E-state index contributed by atoms with van der Waals surface area (Å²) in [5, 5.41) is 9.56. The van der Waals surface area contributed by atoms with E-state index in [4.69, 9.17) is 4.74 Å². The highest BCUT2D eigenvalue weighted by Crippen LogP contribution is 2.20. The predicted molar refractivity (Wildman–Crippen MR) is 106 cm³/mol. The molecule has 0 spiro atoms. The van der Waals surface area contributed by atoms with Gasteiger partial charge in [0.1, 0.15) is 0 Å². The van der Waals surface area contributed by atoms with E-state index in [2.05, 4.69) is 16.9 Å². The van der Waals surface area contributed by atoms with E-state index in [1.807, 2.05) is 24.3 Å². The van der Waals surface area contributed by atoms with Gasteiger partial charge < -0.3 is 9.84 Å². The van der Waals surface area contributed by atoms with Gasteiger partial charge in [-0.25, -0.2) is 9.97 Å². The fourth-order valence-corrected chi connectivity index (χ4v) is 2.88. The number of aliphatic hydroxyl groups is 1. The molecule has 26 heavy (non-hydrogen) atoms. The molecule has 0 aliphatic heterocycles. The molecule has 1 heterocycles. The number of aliphatic hydroxyl groups excluding tert-OH is 1. The molecule has 0 saturated carbocycles. The van der Waals surface area contributed by atoms with Crippen LogP contribution in [0.4, 0.5) is 0 Å². The van der Waals surface area contributed by atoms with Crippen LogP contribution < -0.4 is 4.74 Å². The number of aromatic nitrogens is 2. The Morgan fingerprint density at radius 3 is 2.04 bits per heavy atom. The molecule has 2 aromatic rings. The highest BCUT2D eigenvalue weighted by Gasteiger charge is 2.04. The van der Waals surface area contributed by atoms with Crippen LogP contribution in [0.3, 0.4) is 0 Å². The van der Waals surface area contributed by atoms with Crippen LogP contribution in [0.5, 0.6) is 5.75 Å². The second kappa shape index (κ2) is 11.6. The molecular formula is C22H32N2O2. The summed E-state index contributed by atoms with van der Waals surface area (Å²) in [5.74, 6) is 1.39. The Labute approximate surface area is 157 Å². The average molecular weight is 357 g/mol. The minimum absolute atomic E-state index is 0.461. The molecule has 2 rings (SSSR count). The van der Waals surface area contributed by atoms with Gasteiger partial charge in [0.25, 0.3) is 0 Å². The molecular weight excluding hydrogens is 324 g/mol. The lowest BCUT2D eigenvalue weighted by atomic mass is 10.1. The zero-order valence-corrected chi connectivity index (χ0v) is 16.2. The first-order chi connectivity index (χ1) is 12.7. The lowest BCUT2D eigenvalue weighted by Gasteiger charge is -2.07. The highest BCUT2D eigenvalue weighted by molar-refractivity contribution is 5.55. The van der Waals surface area contributed by atoms with Gasteiger partial charge in [-0.1, -0.05) is 76.1 Å². The van der Waals surface area contributed by atoms with Gasteiger partial charge in [0.05, 0.1) is 25.1 Å². The summed E-state index contributed by atoms with van der Waals surface area (Å²) in [6, 6.07) is 7.66. The molecule has 1 unspecified atom stereocenters. The smallest absolute Gasteiger partial charge is 0.159 e. The molecule has 0 saturated heterocycles. The molecule has 0 bridgehead atoms. The van der Waals surface area contributed by atoms with Crippen molar-refractivity contribution in [3.63, 3.8) is 0 Å². The van der Waals surface area contributed by atoms with Crippen LogP contribution in [-0.4, -0.2) is 21.7 Å². The third kappa shape index (κ3) is 7.12. The minimum atomic E-state index is -0.461. The van der Waals surface area contributed by atoms with Crippen molar-refractivity contribution in [1.82, 2.24) is 9.97 Å². The molecule has 1 aromatic carbocycles. The zero-order valence-electron chi connectivity index (χ0n) is 16.2. The number of rotatable bonds is 12. The summed E-state index contributed by atoms with van der Waals surface area (Å²) in [5.41, 5.74) is 1.82. The van der Waals surface area contributed by atoms with Crippen molar-refractivity contribution in [3.05, 3.63) is 42.2 Å². The van der Waals surface area contributed by atoms with E-state index in [-0.39, 0.29) is 0 Å². The molecule has 1 N–H and O–H groups in total. The van der Waals surface area contributed by atoms with Gasteiger partial charge in [-0.3, -0.25) is 0 Å². The van der Waals surface area contributed by atoms with Crippen LogP contribution in [0.2, 0.25) is 0 Å². The Morgan fingerprint density at radius 1 is 0.885 bits per heavy atom. The molecule has 1 atom stereocenters. The monoisotopic (exact) mass is 356 g/mol. The van der Waals surface area contributed by atoms with Crippen LogP contribution in [0.15, 0.2) is 36.7 Å². The summed E-state index contributed by atoms with van der Waals surface area (Å²) in [7, 11) is 0. The van der Waals surface area contributed by atoms with Crippen LogP contribution in [-0.2, 0) is 0 Å². The number of hydrogen-bond acceptors (Lipinski definition) is 4. The maximum Gasteiger partial charge on any atom is 0.159 e. The molecule has 0 aliphatic carbocycles. The number of hydrogen-bond donors (Lipinski definition) is 1. The van der Waals surface area contributed by atoms with E-state index < -0.39 is 6.10 Å². The van der Waals surface area contributed by atoms with Crippen LogP contribution in [0.1, 0.15) is 76.9 Å². The van der Waals surface area contributed by atoms with E-state index >= 15 is 0 Å². The van der Waals surface area contributed by atoms with Crippen molar-refractivity contribution in [2.75, 3.05) is 6.61 Å². The van der Waals surface area contributed by atoms with E-state index in [1.165, 1.54) is 44.9 Å². The Morgan fingerprint density at radius 2 is 1.46 bits per heavy atom. The minimum Gasteiger partial charge on any atom is -0.490 e. The van der Waals surface area contributed by atoms with Gasteiger partial charge in [0.2, 0.25) is 0 Å². The van der Waals surface area contributed by atoms with Crippen molar-refractivity contribution in [3.8, 4) is 17.1 Å². The quantitative estimate of drug-likeness (QED) is 0.494. The Hall–Kier alpha value is -1.94. The fraction of sp³-hybridized carbons (Fsp3) is 0.545.